The van der Waals surface area contributed by atoms with E-state index < -0.39 is 0 Å². The third kappa shape index (κ3) is 1.41. The fourth-order valence-electron chi connectivity index (χ4n) is 2.43. The van der Waals surface area contributed by atoms with Crippen LogP contribution in [0.15, 0.2) is 40.8 Å². The molecule has 3 rings (SSSR count). The summed E-state index contributed by atoms with van der Waals surface area (Å²) in [5.74, 6) is 0. The Kier molecular flexibility index (Phi) is 2.11. The van der Waals surface area contributed by atoms with E-state index in [2.05, 4.69) is 44.1 Å². The molecule has 17 heavy (non-hydrogen) atoms. The number of aryl methyl sites for hydroxylation is 1. The molecule has 0 unspecified atom stereocenters. The van der Waals surface area contributed by atoms with Gasteiger partial charge in [0.15, 0.2) is 5.58 Å². The second-order valence-electron chi connectivity index (χ2n) is 4.60. The lowest BCUT2D eigenvalue weighted by atomic mass is 10.1. The monoisotopic (exact) mass is 225 g/mol. The molecule has 0 saturated heterocycles. The minimum atomic E-state index is 0.955. The maximum Gasteiger partial charge on any atom is 0.158 e. The van der Waals surface area contributed by atoms with Crippen LogP contribution in [0.3, 0.4) is 0 Å². The zero-order valence-electron chi connectivity index (χ0n) is 10.3. The Bertz CT molecular complexity index is 695. The first-order chi connectivity index (χ1) is 8.18. The first-order valence-electron chi connectivity index (χ1n) is 5.76. The van der Waals surface area contributed by atoms with E-state index in [0.717, 1.165) is 11.2 Å². The highest BCUT2D eigenvalue weighted by atomic mass is 16.3. The van der Waals surface area contributed by atoms with Gasteiger partial charge in [-0.2, -0.15) is 0 Å². The number of anilines is 1. The van der Waals surface area contributed by atoms with Crippen molar-refractivity contribution in [2.45, 2.75) is 6.92 Å². The van der Waals surface area contributed by atoms with Crippen LogP contribution in [-0.2, 0) is 0 Å². The summed E-state index contributed by atoms with van der Waals surface area (Å²) in [6.07, 6.45) is 0. The standard InChI is InChI=1S/C15H15NO/c1-10-8-9-12-11-6-4-5-7-13(11)17-15(12)14(10)16(2)3/h4-9H,1-3H3. The predicted molar refractivity (Wildman–Crippen MR) is 72.8 cm³/mol. The number of benzene rings is 2. The second-order valence-corrected chi connectivity index (χ2v) is 4.60. The van der Waals surface area contributed by atoms with Crippen LogP contribution in [0.2, 0.25) is 0 Å². The summed E-state index contributed by atoms with van der Waals surface area (Å²) < 4.78 is 5.98. The molecule has 86 valence electrons. The third-order valence-corrected chi connectivity index (χ3v) is 3.17. The molecule has 0 atom stereocenters. The molecule has 0 aliphatic heterocycles. The molecule has 0 amide bonds. The zero-order valence-corrected chi connectivity index (χ0v) is 10.3. The largest absolute Gasteiger partial charge is 0.454 e. The molecular weight excluding hydrogens is 210 g/mol. The van der Waals surface area contributed by atoms with Gasteiger partial charge in [0, 0.05) is 24.9 Å². The van der Waals surface area contributed by atoms with Crippen LogP contribution < -0.4 is 4.90 Å². The summed E-state index contributed by atoms with van der Waals surface area (Å²) >= 11 is 0. The maximum absolute atomic E-state index is 5.98. The van der Waals surface area contributed by atoms with E-state index >= 15 is 0 Å². The Hall–Kier alpha value is -1.96. The van der Waals surface area contributed by atoms with E-state index in [4.69, 9.17) is 4.42 Å². The van der Waals surface area contributed by atoms with Gasteiger partial charge in [0.25, 0.3) is 0 Å². The van der Waals surface area contributed by atoms with Gasteiger partial charge in [-0.1, -0.05) is 30.3 Å². The first kappa shape index (κ1) is 10.2. The normalized spacial score (nSPS) is 11.2. The maximum atomic E-state index is 5.98. The number of para-hydroxylation sites is 1. The van der Waals surface area contributed by atoms with Gasteiger partial charge in [0.1, 0.15) is 5.58 Å². The van der Waals surface area contributed by atoms with Crippen molar-refractivity contribution in [2.75, 3.05) is 19.0 Å². The SMILES string of the molecule is Cc1ccc2c(oc3ccccc32)c1N(C)C. The summed E-state index contributed by atoms with van der Waals surface area (Å²) in [4.78, 5) is 2.11. The van der Waals surface area contributed by atoms with E-state index in [1.807, 2.05) is 18.2 Å². The van der Waals surface area contributed by atoms with Crippen LogP contribution >= 0.6 is 0 Å². The van der Waals surface area contributed by atoms with Crippen molar-refractivity contribution >= 4 is 27.6 Å². The van der Waals surface area contributed by atoms with Gasteiger partial charge in [-0.05, 0) is 18.6 Å². The molecule has 0 aliphatic rings. The molecule has 0 N–H and O–H groups in total. The Morgan fingerprint density at radius 1 is 0.941 bits per heavy atom. The van der Waals surface area contributed by atoms with Crippen molar-refractivity contribution < 1.29 is 4.42 Å². The van der Waals surface area contributed by atoms with Crippen LogP contribution in [0.1, 0.15) is 5.56 Å². The lowest BCUT2D eigenvalue weighted by Crippen LogP contribution is -2.10. The number of nitrogens with zero attached hydrogens (tertiary/aromatic N) is 1. The molecule has 0 fully saturated rings. The molecule has 0 spiro atoms. The molecule has 0 bridgehead atoms. The highest BCUT2D eigenvalue weighted by Crippen LogP contribution is 2.36. The summed E-state index contributed by atoms with van der Waals surface area (Å²) in [6.45, 7) is 2.11. The molecule has 3 aromatic rings. The van der Waals surface area contributed by atoms with E-state index in [1.54, 1.807) is 0 Å². The van der Waals surface area contributed by atoms with Crippen LogP contribution in [0, 0.1) is 6.92 Å². The van der Waals surface area contributed by atoms with E-state index in [-0.39, 0.29) is 0 Å². The molecule has 1 heterocycles. The average Bonchev–Trinajstić information content (AvgIpc) is 2.66. The highest BCUT2D eigenvalue weighted by Gasteiger charge is 2.13. The van der Waals surface area contributed by atoms with Gasteiger partial charge < -0.3 is 9.32 Å². The Morgan fingerprint density at radius 3 is 2.47 bits per heavy atom. The molecular formula is C15H15NO. The predicted octanol–water partition coefficient (Wildman–Crippen LogP) is 3.96. The van der Waals surface area contributed by atoms with Crippen LogP contribution in [0.4, 0.5) is 5.69 Å². The molecule has 2 heteroatoms. The van der Waals surface area contributed by atoms with Crippen LogP contribution in [0.25, 0.3) is 21.9 Å². The minimum Gasteiger partial charge on any atom is -0.454 e. The third-order valence-electron chi connectivity index (χ3n) is 3.17. The Balaban J connectivity index is 2.51. The summed E-state index contributed by atoms with van der Waals surface area (Å²) in [7, 11) is 4.10. The van der Waals surface area contributed by atoms with E-state index in [9.17, 15) is 0 Å². The molecule has 1 aromatic heterocycles. The smallest absolute Gasteiger partial charge is 0.158 e. The zero-order chi connectivity index (χ0) is 12.0. The lowest BCUT2D eigenvalue weighted by molar-refractivity contribution is 0.667. The van der Waals surface area contributed by atoms with Crippen molar-refractivity contribution in [2.24, 2.45) is 0 Å². The van der Waals surface area contributed by atoms with Crippen molar-refractivity contribution in [3.8, 4) is 0 Å². The van der Waals surface area contributed by atoms with Gasteiger partial charge in [0.2, 0.25) is 0 Å². The first-order valence-corrected chi connectivity index (χ1v) is 5.76. The quantitative estimate of drug-likeness (QED) is 0.623. The van der Waals surface area contributed by atoms with Gasteiger partial charge >= 0.3 is 0 Å². The van der Waals surface area contributed by atoms with Crippen molar-refractivity contribution in [3.63, 3.8) is 0 Å². The number of furan rings is 1. The van der Waals surface area contributed by atoms with Gasteiger partial charge in [-0.3, -0.25) is 0 Å². The molecule has 2 nitrogen and oxygen atoms in total. The summed E-state index contributed by atoms with van der Waals surface area (Å²) in [5.41, 5.74) is 4.34. The van der Waals surface area contributed by atoms with Gasteiger partial charge in [0.05, 0.1) is 5.69 Å². The van der Waals surface area contributed by atoms with Gasteiger partial charge in [-0.25, -0.2) is 0 Å². The number of hydrogen-bond donors (Lipinski definition) is 0. The Labute approximate surface area is 100 Å². The minimum absolute atomic E-state index is 0.955. The molecule has 0 aliphatic carbocycles. The fraction of sp³-hybridized carbons (Fsp3) is 0.200. The lowest BCUT2D eigenvalue weighted by Gasteiger charge is -2.15. The van der Waals surface area contributed by atoms with Crippen LogP contribution in [0.5, 0.6) is 0 Å². The summed E-state index contributed by atoms with van der Waals surface area (Å²) in [6, 6.07) is 12.5. The molecule has 0 radical (unpaired) electrons. The highest BCUT2D eigenvalue weighted by molar-refractivity contribution is 6.09. The van der Waals surface area contributed by atoms with Crippen molar-refractivity contribution in [1.82, 2.24) is 0 Å². The van der Waals surface area contributed by atoms with Crippen molar-refractivity contribution in [1.29, 1.82) is 0 Å². The van der Waals surface area contributed by atoms with E-state index in [1.165, 1.54) is 22.0 Å². The van der Waals surface area contributed by atoms with Crippen molar-refractivity contribution in [3.05, 3.63) is 42.0 Å². The molecule has 0 saturated carbocycles. The van der Waals surface area contributed by atoms with Gasteiger partial charge in [-0.15, -0.1) is 0 Å². The average molecular weight is 225 g/mol. The Morgan fingerprint density at radius 2 is 1.71 bits per heavy atom. The van der Waals surface area contributed by atoms with E-state index in [0.29, 0.717) is 0 Å². The number of fused-ring (bicyclic) bond motifs is 3. The topological polar surface area (TPSA) is 16.4 Å². The fourth-order valence-corrected chi connectivity index (χ4v) is 2.43. The summed E-state index contributed by atoms with van der Waals surface area (Å²) in [5, 5.41) is 2.38. The van der Waals surface area contributed by atoms with Crippen LogP contribution in [-0.4, -0.2) is 14.1 Å². The number of hydrogen-bond acceptors (Lipinski definition) is 2. The second kappa shape index (κ2) is 3.52. The number of rotatable bonds is 1. The molecule has 2 aromatic carbocycles.